The van der Waals surface area contributed by atoms with Crippen LogP contribution in [0.5, 0.6) is 0 Å². The van der Waals surface area contributed by atoms with Crippen molar-refractivity contribution in [1.82, 2.24) is 29.5 Å². The molecule has 0 atom stereocenters. The Balaban J connectivity index is 1.42. The highest BCUT2D eigenvalue weighted by Crippen LogP contribution is 2.20. The molecule has 3 aromatic heterocycles. The van der Waals surface area contributed by atoms with E-state index in [2.05, 4.69) is 36.8 Å². The van der Waals surface area contributed by atoms with Crippen LogP contribution < -0.4 is 4.90 Å². The minimum Gasteiger partial charge on any atom is -0.477 e. The van der Waals surface area contributed by atoms with Crippen LogP contribution >= 0.6 is 0 Å². The smallest absolute Gasteiger partial charge is 0.341 e. The van der Waals surface area contributed by atoms with Gasteiger partial charge in [-0.1, -0.05) is 0 Å². The Bertz CT molecular complexity index is 993. The Hall–Kier alpha value is -3.07. The summed E-state index contributed by atoms with van der Waals surface area (Å²) in [4.78, 5) is 28.8. The first-order chi connectivity index (χ1) is 13.0. The van der Waals surface area contributed by atoms with Gasteiger partial charge in [-0.15, -0.1) is 0 Å². The lowest BCUT2D eigenvalue weighted by molar-refractivity contribution is 0.0698. The van der Waals surface area contributed by atoms with Gasteiger partial charge in [-0.2, -0.15) is 5.10 Å². The average molecular weight is 367 g/mol. The summed E-state index contributed by atoms with van der Waals surface area (Å²) in [6.07, 6.45) is 6.53. The molecule has 140 valence electrons. The normalized spacial score (nSPS) is 15.4. The summed E-state index contributed by atoms with van der Waals surface area (Å²) >= 11 is 0. The second-order valence-corrected chi connectivity index (χ2v) is 6.76. The van der Waals surface area contributed by atoms with E-state index in [4.69, 9.17) is 5.11 Å². The molecular weight excluding hydrogens is 346 g/mol. The second-order valence-electron chi connectivity index (χ2n) is 6.76. The first kappa shape index (κ1) is 17.3. The predicted octanol–water partition coefficient (Wildman–Crippen LogP) is 1.16. The molecule has 1 aliphatic rings. The van der Waals surface area contributed by atoms with Crippen molar-refractivity contribution in [2.75, 3.05) is 31.1 Å². The Morgan fingerprint density at radius 3 is 2.63 bits per heavy atom. The van der Waals surface area contributed by atoms with Gasteiger partial charge >= 0.3 is 5.97 Å². The highest BCUT2D eigenvalue weighted by Gasteiger charge is 2.21. The first-order valence-corrected chi connectivity index (χ1v) is 8.84. The molecule has 1 saturated heterocycles. The van der Waals surface area contributed by atoms with Crippen molar-refractivity contribution < 1.29 is 9.90 Å². The molecule has 0 unspecified atom stereocenters. The molecular formula is C18H21N7O2. The lowest BCUT2D eigenvalue weighted by Gasteiger charge is -2.36. The topological polar surface area (TPSA) is 99.8 Å². The van der Waals surface area contributed by atoms with Crippen LogP contribution in [0.3, 0.4) is 0 Å². The van der Waals surface area contributed by atoms with Crippen molar-refractivity contribution in [1.29, 1.82) is 0 Å². The zero-order chi connectivity index (χ0) is 19.0. The van der Waals surface area contributed by atoms with Gasteiger partial charge in [0.05, 0.1) is 6.20 Å². The molecule has 1 N–H and O–H groups in total. The molecule has 0 radical (unpaired) electrons. The van der Waals surface area contributed by atoms with Crippen LogP contribution in [0, 0.1) is 13.8 Å². The van der Waals surface area contributed by atoms with Crippen LogP contribution in [0.15, 0.2) is 24.9 Å². The minimum absolute atomic E-state index is 0.116. The highest BCUT2D eigenvalue weighted by molar-refractivity contribution is 5.93. The third-order valence-electron chi connectivity index (χ3n) is 5.03. The van der Waals surface area contributed by atoms with Gasteiger partial charge in [-0.3, -0.25) is 4.90 Å². The van der Waals surface area contributed by atoms with Crippen molar-refractivity contribution in [3.05, 3.63) is 47.3 Å². The van der Waals surface area contributed by atoms with E-state index in [1.54, 1.807) is 12.5 Å². The van der Waals surface area contributed by atoms with Gasteiger partial charge in [-0.25, -0.2) is 24.3 Å². The van der Waals surface area contributed by atoms with Crippen molar-refractivity contribution >= 4 is 17.4 Å². The Labute approximate surface area is 156 Å². The quantitative estimate of drug-likeness (QED) is 0.733. The number of fused-ring (bicyclic) bond motifs is 1. The van der Waals surface area contributed by atoms with Gasteiger partial charge < -0.3 is 10.0 Å². The molecule has 0 aromatic carbocycles. The first-order valence-electron chi connectivity index (χ1n) is 8.84. The van der Waals surface area contributed by atoms with Crippen molar-refractivity contribution in [2.24, 2.45) is 0 Å². The van der Waals surface area contributed by atoms with Crippen LogP contribution in [-0.2, 0) is 6.54 Å². The van der Waals surface area contributed by atoms with E-state index < -0.39 is 5.97 Å². The van der Waals surface area contributed by atoms with E-state index in [1.807, 2.05) is 13.1 Å². The van der Waals surface area contributed by atoms with Gasteiger partial charge in [-0.05, 0) is 13.8 Å². The molecule has 27 heavy (non-hydrogen) atoms. The second kappa shape index (κ2) is 6.92. The Morgan fingerprint density at radius 1 is 1.11 bits per heavy atom. The maximum atomic E-state index is 11.2. The summed E-state index contributed by atoms with van der Waals surface area (Å²) in [6.45, 7) is 8.45. The number of aromatic nitrogens is 5. The van der Waals surface area contributed by atoms with Crippen molar-refractivity contribution in [2.45, 2.75) is 20.4 Å². The maximum Gasteiger partial charge on any atom is 0.341 e. The van der Waals surface area contributed by atoms with Gasteiger partial charge in [0.2, 0.25) is 0 Å². The summed E-state index contributed by atoms with van der Waals surface area (Å²) < 4.78 is 1.53. The average Bonchev–Trinajstić information content (AvgIpc) is 3.08. The van der Waals surface area contributed by atoms with Crippen LogP contribution in [0.2, 0.25) is 0 Å². The molecule has 1 fully saturated rings. The summed E-state index contributed by atoms with van der Waals surface area (Å²) in [6, 6.07) is 0. The van der Waals surface area contributed by atoms with E-state index in [0.29, 0.717) is 5.65 Å². The number of carboxylic acid groups (broad SMARTS) is 1. The fourth-order valence-electron chi connectivity index (χ4n) is 3.37. The molecule has 9 heteroatoms. The van der Waals surface area contributed by atoms with Crippen molar-refractivity contribution in [3.63, 3.8) is 0 Å². The van der Waals surface area contributed by atoms with Gasteiger partial charge in [0.15, 0.2) is 5.65 Å². The number of anilines is 1. The van der Waals surface area contributed by atoms with E-state index in [9.17, 15) is 4.79 Å². The molecule has 1 aliphatic heterocycles. The summed E-state index contributed by atoms with van der Waals surface area (Å²) in [5.41, 5.74) is 3.64. The molecule has 0 amide bonds. The summed E-state index contributed by atoms with van der Waals surface area (Å²) in [7, 11) is 0. The molecule has 9 nitrogen and oxygen atoms in total. The third-order valence-corrected chi connectivity index (χ3v) is 5.03. The van der Waals surface area contributed by atoms with Gasteiger partial charge in [0, 0.05) is 61.9 Å². The number of carbonyl (C=O) groups is 1. The predicted molar refractivity (Wildman–Crippen MR) is 98.9 cm³/mol. The highest BCUT2D eigenvalue weighted by atomic mass is 16.4. The fraction of sp³-hybridized carbons (Fsp3) is 0.389. The van der Waals surface area contributed by atoms with E-state index in [1.165, 1.54) is 10.7 Å². The molecule has 3 aromatic rings. The van der Waals surface area contributed by atoms with Gasteiger partial charge in [0.25, 0.3) is 0 Å². The number of hydrogen-bond acceptors (Lipinski definition) is 7. The number of rotatable bonds is 4. The maximum absolute atomic E-state index is 11.2. The number of aromatic carboxylic acids is 1. The number of carboxylic acids is 1. The van der Waals surface area contributed by atoms with E-state index in [0.717, 1.165) is 55.4 Å². The summed E-state index contributed by atoms with van der Waals surface area (Å²) in [5, 5.41) is 13.2. The molecule has 0 aliphatic carbocycles. The fourth-order valence-corrected chi connectivity index (χ4v) is 3.37. The zero-order valence-corrected chi connectivity index (χ0v) is 15.3. The van der Waals surface area contributed by atoms with E-state index >= 15 is 0 Å². The summed E-state index contributed by atoms with van der Waals surface area (Å²) in [5.74, 6) is -0.000369. The lowest BCUT2D eigenvalue weighted by atomic mass is 10.2. The molecule has 4 heterocycles. The largest absolute Gasteiger partial charge is 0.477 e. The van der Waals surface area contributed by atoms with E-state index in [-0.39, 0.29) is 5.56 Å². The monoisotopic (exact) mass is 367 g/mol. The number of piperazine rings is 1. The minimum atomic E-state index is -1.02. The molecule has 4 rings (SSSR count). The van der Waals surface area contributed by atoms with Crippen molar-refractivity contribution in [3.8, 4) is 0 Å². The van der Waals surface area contributed by atoms with Crippen LogP contribution in [-0.4, -0.2) is 66.7 Å². The zero-order valence-electron chi connectivity index (χ0n) is 15.3. The molecule has 0 saturated carbocycles. The Kier molecular flexibility index (Phi) is 4.44. The molecule has 0 spiro atoms. The molecule has 0 bridgehead atoms. The Morgan fingerprint density at radius 2 is 1.89 bits per heavy atom. The number of hydrogen-bond donors (Lipinski definition) is 1. The standard InChI is InChI=1S/C18H21N7O2/c1-12-13(2)20-11-21-16(12)24-5-3-23(4-6-24)9-14-7-19-17-15(18(26)27)8-22-25(17)10-14/h7-8,10-11H,3-6,9H2,1-2H3,(H,26,27). The number of aryl methyl sites for hydroxylation is 1. The van der Waals surface area contributed by atoms with Crippen LogP contribution in [0.25, 0.3) is 5.65 Å². The third kappa shape index (κ3) is 3.33. The van der Waals surface area contributed by atoms with Gasteiger partial charge in [0.1, 0.15) is 17.7 Å². The SMILES string of the molecule is Cc1ncnc(N2CCN(Cc3cnc4c(C(=O)O)cnn4c3)CC2)c1C. The van der Waals surface area contributed by atoms with Crippen LogP contribution in [0.4, 0.5) is 5.82 Å². The number of nitrogens with zero attached hydrogens (tertiary/aromatic N) is 7. The lowest BCUT2D eigenvalue weighted by Crippen LogP contribution is -2.46. The van der Waals surface area contributed by atoms with Crippen LogP contribution in [0.1, 0.15) is 27.2 Å².